The van der Waals surface area contributed by atoms with Gasteiger partial charge < -0.3 is 14.8 Å². The van der Waals surface area contributed by atoms with Gasteiger partial charge >= 0.3 is 0 Å². The summed E-state index contributed by atoms with van der Waals surface area (Å²) in [7, 11) is 3.34. The summed E-state index contributed by atoms with van der Waals surface area (Å²) in [5, 5.41) is 3.50. The average molecular weight is 484 g/mol. The summed E-state index contributed by atoms with van der Waals surface area (Å²) >= 11 is 7.52. The SMILES string of the molecule is COc1cc(Br)c(C(c2ccccc2Br)N2CCCNCC2)cc1OC. The first-order valence-electron chi connectivity index (χ1n) is 8.76. The molecule has 1 atom stereocenters. The molecule has 0 aromatic heterocycles. The Morgan fingerprint density at radius 3 is 2.38 bits per heavy atom. The predicted molar refractivity (Wildman–Crippen MR) is 112 cm³/mol. The zero-order valence-corrected chi connectivity index (χ0v) is 18.3. The van der Waals surface area contributed by atoms with E-state index < -0.39 is 0 Å². The third-order valence-electron chi connectivity index (χ3n) is 4.74. The topological polar surface area (TPSA) is 33.7 Å². The van der Waals surface area contributed by atoms with Crippen molar-refractivity contribution >= 4 is 31.9 Å². The van der Waals surface area contributed by atoms with E-state index in [-0.39, 0.29) is 6.04 Å². The lowest BCUT2D eigenvalue weighted by Crippen LogP contribution is -2.33. The van der Waals surface area contributed by atoms with E-state index in [1.807, 2.05) is 6.07 Å². The maximum Gasteiger partial charge on any atom is 0.161 e. The Labute approximate surface area is 172 Å². The first-order valence-corrected chi connectivity index (χ1v) is 10.3. The number of nitrogens with one attached hydrogen (secondary N) is 1. The molecule has 0 spiro atoms. The smallest absolute Gasteiger partial charge is 0.161 e. The molecule has 3 rings (SSSR count). The Bertz CT molecular complexity index is 747. The van der Waals surface area contributed by atoms with E-state index in [1.54, 1.807) is 14.2 Å². The van der Waals surface area contributed by atoms with Crippen LogP contribution in [0.3, 0.4) is 0 Å². The molecule has 1 N–H and O–H groups in total. The third-order valence-corrected chi connectivity index (χ3v) is 6.15. The van der Waals surface area contributed by atoms with Crippen molar-refractivity contribution in [3.05, 3.63) is 56.5 Å². The fourth-order valence-corrected chi connectivity index (χ4v) is 4.50. The summed E-state index contributed by atoms with van der Waals surface area (Å²) in [5.74, 6) is 1.47. The molecule has 0 bridgehead atoms. The van der Waals surface area contributed by atoms with Crippen molar-refractivity contribution in [3.8, 4) is 11.5 Å². The van der Waals surface area contributed by atoms with Crippen molar-refractivity contribution in [2.24, 2.45) is 0 Å². The molecular formula is C20H24Br2N2O2. The maximum absolute atomic E-state index is 5.57. The van der Waals surface area contributed by atoms with Crippen LogP contribution in [-0.4, -0.2) is 45.3 Å². The number of hydrogen-bond acceptors (Lipinski definition) is 4. The van der Waals surface area contributed by atoms with E-state index in [1.165, 1.54) is 11.1 Å². The molecule has 1 heterocycles. The molecular weight excluding hydrogens is 460 g/mol. The molecule has 4 nitrogen and oxygen atoms in total. The van der Waals surface area contributed by atoms with Crippen LogP contribution < -0.4 is 14.8 Å². The third kappa shape index (κ3) is 4.25. The number of rotatable bonds is 5. The highest BCUT2D eigenvalue weighted by Crippen LogP contribution is 2.42. The van der Waals surface area contributed by atoms with Crippen molar-refractivity contribution < 1.29 is 9.47 Å². The summed E-state index contributed by atoms with van der Waals surface area (Å²) in [6.07, 6.45) is 1.13. The van der Waals surface area contributed by atoms with Crippen molar-refractivity contribution in [2.45, 2.75) is 12.5 Å². The van der Waals surface area contributed by atoms with E-state index in [0.29, 0.717) is 0 Å². The van der Waals surface area contributed by atoms with Gasteiger partial charge in [0.2, 0.25) is 0 Å². The Hall–Kier alpha value is -1.08. The molecule has 1 unspecified atom stereocenters. The molecule has 2 aromatic rings. The lowest BCUT2D eigenvalue weighted by atomic mass is 9.96. The Kier molecular flexibility index (Phi) is 6.98. The van der Waals surface area contributed by atoms with Gasteiger partial charge in [0.25, 0.3) is 0 Å². The predicted octanol–water partition coefficient (Wildman–Crippen LogP) is 4.61. The van der Waals surface area contributed by atoms with E-state index in [4.69, 9.17) is 9.47 Å². The van der Waals surface area contributed by atoms with Crippen molar-refractivity contribution in [1.29, 1.82) is 0 Å². The fourth-order valence-electron chi connectivity index (χ4n) is 3.46. The van der Waals surface area contributed by atoms with Gasteiger partial charge in [0, 0.05) is 28.6 Å². The standard InChI is InChI=1S/C20H24Br2N2O2/c1-25-18-12-15(17(22)13-19(18)26-2)20(14-6-3-4-7-16(14)21)24-10-5-8-23-9-11-24/h3-4,6-7,12-13,20,23H,5,8-11H2,1-2H3. The molecule has 140 valence electrons. The lowest BCUT2D eigenvalue weighted by Gasteiger charge is -2.33. The Morgan fingerprint density at radius 2 is 1.65 bits per heavy atom. The van der Waals surface area contributed by atoms with Crippen molar-refractivity contribution in [2.75, 3.05) is 40.4 Å². The van der Waals surface area contributed by atoms with Crippen molar-refractivity contribution in [1.82, 2.24) is 10.2 Å². The average Bonchev–Trinajstić information content (AvgIpc) is 2.93. The van der Waals surface area contributed by atoms with Crippen LogP contribution in [0.25, 0.3) is 0 Å². The van der Waals surface area contributed by atoms with Gasteiger partial charge in [0.15, 0.2) is 11.5 Å². The highest BCUT2D eigenvalue weighted by atomic mass is 79.9. The molecule has 0 amide bonds. The van der Waals surface area contributed by atoms with E-state index in [9.17, 15) is 0 Å². The van der Waals surface area contributed by atoms with E-state index in [2.05, 4.69) is 72.4 Å². The van der Waals surface area contributed by atoms with Gasteiger partial charge in [-0.3, -0.25) is 4.90 Å². The van der Waals surface area contributed by atoms with E-state index >= 15 is 0 Å². The zero-order valence-electron chi connectivity index (χ0n) is 15.1. The van der Waals surface area contributed by atoms with Gasteiger partial charge in [-0.2, -0.15) is 0 Å². The summed E-state index contributed by atoms with van der Waals surface area (Å²) in [6, 6.07) is 12.7. The van der Waals surface area contributed by atoms with Crippen LogP contribution in [0.2, 0.25) is 0 Å². The Balaban J connectivity index is 2.13. The molecule has 0 radical (unpaired) electrons. The number of ether oxygens (including phenoxy) is 2. The minimum absolute atomic E-state index is 0.125. The van der Waals surface area contributed by atoms with Gasteiger partial charge in [0.05, 0.1) is 20.3 Å². The largest absolute Gasteiger partial charge is 0.493 e. The molecule has 1 fully saturated rings. The Morgan fingerprint density at radius 1 is 0.923 bits per heavy atom. The van der Waals surface area contributed by atoms with Crippen LogP contribution in [0.4, 0.5) is 0 Å². The van der Waals surface area contributed by atoms with Gasteiger partial charge in [-0.25, -0.2) is 0 Å². The first-order chi connectivity index (χ1) is 12.7. The van der Waals surface area contributed by atoms with E-state index in [0.717, 1.165) is 53.0 Å². The van der Waals surface area contributed by atoms with Crippen LogP contribution in [0.5, 0.6) is 11.5 Å². The first kappa shape index (κ1) is 19.7. The molecule has 6 heteroatoms. The number of benzene rings is 2. The number of hydrogen-bond donors (Lipinski definition) is 1. The van der Waals surface area contributed by atoms with Gasteiger partial charge in [-0.15, -0.1) is 0 Å². The lowest BCUT2D eigenvalue weighted by molar-refractivity contribution is 0.239. The number of halogens is 2. The van der Waals surface area contributed by atoms with Gasteiger partial charge in [-0.1, -0.05) is 50.1 Å². The van der Waals surface area contributed by atoms with Gasteiger partial charge in [0.1, 0.15) is 0 Å². The van der Waals surface area contributed by atoms with Crippen LogP contribution in [0.15, 0.2) is 45.3 Å². The number of nitrogens with zero attached hydrogens (tertiary/aromatic N) is 1. The quantitative estimate of drug-likeness (QED) is 0.673. The highest BCUT2D eigenvalue weighted by Gasteiger charge is 2.27. The number of methoxy groups -OCH3 is 2. The maximum atomic E-state index is 5.57. The minimum Gasteiger partial charge on any atom is -0.493 e. The van der Waals surface area contributed by atoms with Crippen LogP contribution in [0.1, 0.15) is 23.6 Å². The molecule has 1 aliphatic heterocycles. The van der Waals surface area contributed by atoms with Crippen molar-refractivity contribution in [3.63, 3.8) is 0 Å². The second kappa shape index (κ2) is 9.22. The normalized spacial score (nSPS) is 16.8. The summed E-state index contributed by atoms with van der Waals surface area (Å²) in [5.41, 5.74) is 2.43. The highest BCUT2D eigenvalue weighted by molar-refractivity contribution is 9.10. The van der Waals surface area contributed by atoms with Gasteiger partial charge in [-0.05, 0) is 42.3 Å². The van der Waals surface area contributed by atoms with Crippen LogP contribution in [0, 0.1) is 0 Å². The van der Waals surface area contributed by atoms with Crippen LogP contribution >= 0.6 is 31.9 Å². The monoisotopic (exact) mass is 482 g/mol. The zero-order chi connectivity index (χ0) is 18.5. The molecule has 26 heavy (non-hydrogen) atoms. The fraction of sp³-hybridized carbons (Fsp3) is 0.400. The summed E-state index contributed by atoms with van der Waals surface area (Å²) < 4.78 is 13.2. The second-order valence-corrected chi connectivity index (χ2v) is 8.00. The minimum atomic E-state index is 0.125. The molecule has 0 saturated carbocycles. The molecule has 1 saturated heterocycles. The summed E-state index contributed by atoms with van der Waals surface area (Å²) in [4.78, 5) is 2.53. The molecule has 2 aromatic carbocycles. The molecule has 1 aliphatic rings. The summed E-state index contributed by atoms with van der Waals surface area (Å²) in [6.45, 7) is 4.09. The molecule has 0 aliphatic carbocycles. The van der Waals surface area contributed by atoms with Crippen LogP contribution in [-0.2, 0) is 0 Å². The second-order valence-electron chi connectivity index (χ2n) is 6.29.